The molecule has 0 amide bonds. The summed E-state index contributed by atoms with van der Waals surface area (Å²) in [6, 6.07) is 1.51. The summed E-state index contributed by atoms with van der Waals surface area (Å²) >= 11 is 1.86. The maximum absolute atomic E-state index is 11.8. The molecule has 0 aromatic carbocycles. The molecule has 1 aromatic rings. The average molecular weight is 301 g/mol. The van der Waals surface area contributed by atoms with Gasteiger partial charge in [0.25, 0.3) is 0 Å². The van der Waals surface area contributed by atoms with Gasteiger partial charge in [-0.2, -0.15) is 8.78 Å². The van der Waals surface area contributed by atoms with E-state index in [1.54, 1.807) is 0 Å². The molecule has 0 bridgehead atoms. The zero-order chi connectivity index (χ0) is 9.84. The summed E-state index contributed by atoms with van der Waals surface area (Å²) in [5.41, 5.74) is 0. The van der Waals surface area contributed by atoms with E-state index in [2.05, 4.69) is 9.72 Å². The Kier molecular flexibility index (Phi) is 3.64. The highest BCUT2D eigenvalue weighted by Crippen LogP contribution is 2.24. The molecule has 1 rings (SSSR count). The normalized spacial score (nSPS) is 10.2. The van der Waals surface area contributed by atoms with Gasteiger partial charge in [-0.1, -0.05) is 0 Å². The second kappa shape index (κ2) is 4.54. The minimum Gasteiger partial charge on any atom is -0.481 e. The van der Waals surface area contributed by atoms with Crippen LogP contribution in [0.4, 0.5) is 8.78 Å². The van der Waals surface area contributed by atoms with Crippen molar-refractivity contribution in [3.05, 3.63) is 15.8 Å². The lowest BCUT2D eigenvalue weighted by Gasteiger charge is -2.06. The van der Waals surface area contributed by atoms with E-state index in [1.807, 2.05) is 22.6 Å². The number of methoxy groups -OCH3 is 1. The van der Waals surface area contributed by atoms with Gasteiger partial charge < -0.3 is 9.47 Å². The monoisotopic (exact) mass is 301 g/mol. The summed E-state index contributed by atoms with van der Waals surface area (Å²) in [4.78, 5) is 3.73. The number of rotatable bonds is 3. The van der Waals surface area contributed by atoms with Crippen LogP contribution in [0.2, 0.25) is 0 Å². The van der Waals surface area contributed by atoms with E-state index >= 15 is 0 Å². The molecule has 3 nitrogen and oxygen atoms in total. The fourth-order valence-electron chi connectivity index (χ4n) is 0.695. The van der Waals surface area contributed by atoms with Crippen LogP contribution in [-0.4, -0.2) is 18.7 Å². The Bertz CT molecular complexity index is 296. The molecule has 0 saturated carbocycles. The van der Waals surface area contributed by atoms with Gasteiger partial charge in [-0.25, -0.2) is 4.98 Å². The van der Waals surface area contributed by atoms with Crippen LogP contribution in [-0.2, 0) is 0 Å². The molecule has 0 unspecified atom stereocenters. The van der Waals surface area contributed by atoms with Crippen molar-refractivity contribution < 1.29 is 18.3 Å². The molecule has 0 spiro atoms. The minimum atomic E-state index is -2.83. The molecular weight excluding hydrogens is 295 g/mol. The minimum absolute atomic E-state index is 0.0522. The van der Waals surface area contributed by atoms with Crippen molar-refractivity contribution >= 4 is 22.6 Å². The molecule has 1 aromatic heterocycles. The van der Waals surface area contributed by atoms with E-state index in [9.17, 15) is 8.78 Å². The van der Waals surface area contributed by atoms with Crippen LogP contribution in [0.3, 0.4) is 0 Å². The van der Waals surface area contributed by atoms with E-state index in [0.29, 0.717) is 9.45 Å². The molecular formula is C7H6F2INO2. The topological polar surface area (TPSA) is 31.4 Å². The average Bonchev–Trinajstić information content (AvgIpc) is 2.08. The predicted molar refractivity (Wildman–Crippen MR) is 50.1 cm³/mol. The smallest absolute Gasteiger partial charge is 0.387 e. The van der Waals surface area contributed by atoms with Crippen LogP contribution in [0.25, 0.3) is 0 Å². The summed E-state index contributed by atoms with van der Waals surface area (Å²) < 4.78 is 33.1. The van der Waals surface area contributed by atoms with Gasteiger partial charge in [0.2, 0.25) is 5.88 Å². The number of hydrogen-bond acceptors (Lipinski definition) is 3. The van der Waals surface area contributed by atoms with Gasteiger partial charge in [-0.15, -0.1) is 0 Å². The van der Waals surface area contributed by atoms with E-state index in [0.717, 1.165) is 0 Å². The Hall–Kier alpha value is -0.660. The Morgan fingerprint density at radius 1 is 1.54 bits per heavy atom. The second-order valence-electron chi connectivity index (χ2n) is 2.04. The number of alkyl halides is 2. The zero-order valence-corrected chi connectivity index (χ0v) is 8.79. The first kappa shape index (κ1) is 10.4. The van der Waals surface area contributed by atoms with Crippen molar-refractivity contribution in [1.82, 2.24) is 4.98 Å². The second-order valence-corrected chi connectivity index (χ2v) is 3.20. The Morgan fingerprint density at radius 3 is 2.69 bits per heavy atom. The van der Waals surface area contributed by atoms with Crippen molar-refractivity contribution in [1.29, 1.82) is 0 Å². The number of hydrogen-bond donors (Lipinski definition) is 0. The lowest BCUT2D eigenvalue weighted by atomic mass is 10.4. The van der Waals surface area contributed by atoms with Gasteiger partial charge in [-0.05, 0) is 22.6 Å². The first-order valence-electron chi connectivity index (χ1n) is 3.28. The van der Waals surface area contributed by atoms with Crippen molar-refractivity contribution in [2.75, 3.05) is 7.11 Å². The number of ether oxygens (including phenoxy) is 2. The number of aromatic nitrogens is 1. The Labute approximate surface area is 87.2 Å². The quantitative estimate of drug-likeness (QED) is 0.803. The molecule has 0 aliphatic carbocycles. The molecule has 0 fully saturated rings. The first-order valence-corrected chi connectivity index (χ1v) is 4.35. The van der Waals surface area contributed by atoms with Gasteiger partial charge in [0, 0.05) is 6.07 Å². The van der Waals surface area contributed by atoms with Crippen LogP contribution in [0.1, 0.15) is 0 Å². The predicted octanol–water partition coefficient (Wildman–Crippen LogP) is 2.30. The highest BCUT2D eigenvalue weighted by atomic mass is 127. The van der Waals surface area contributed by atoms with Gasteiger partial charge in [-0.3, -0.25) is 0 Å². The summed E-state index contributed by atoms with van der Waals surface area (Å²) in [5.74, 6) is 0.419. The van der Waals surface area contributed by atoms with Crippen molar-refractivity contribution in [2.24, 2.45) is 0 Å². The molecule has 0 aliphatic heterocycles. The summed E-state index contributed by atoms with van der Waals surface area (Å²) in [6.45, 7) is -2.83. The van der Waals surface area contributed by atoms with Crippen LogP contribution in [0.15, 0.2) is 12.3 Å². The summed E-state index contributed by atoms with van der Waals surface area (Å²) in [7, 11) is 1.45. The largest absolute Gasteiger partial charge is 0.481 e. The molecule has 1 heterocycles. The molecule has 6 heteroatoms. The molecule has 0 N–H and O–H groups in total. The third kappa shape index (κ3) is 2.94. The summed E-state index contributed by atoms with van der Waals surface area (Å²) in [6.07, 6.45) is 1.20. The standard InChI is InChI=1S/C7H6F2INO2/c1-12-6-2-4(10)5(3-11-6)13-7(8)9/h2-3,7H,1H3. The van der Waals surface area contributed by atoms with Crippen LogP contribution >= 0.6 is 22.6 Å². The van der Waals surface area contributed by atoms with Crippen molar-refractivity contribution in [2.45, 2.75) is 6.61 Å². The molecule has 13 heavy (non-hydrogen) atoms. The SMILES string of the molecule is COc1cc(I)c(OC(F)F)cn1. The molecule has 0 aliphatic rings. The lowest BCUT2D eigenvalue weighted by Crippen LogP contribution is -2.04. The first-order chi connectivity index (χ1) is 6.13. The van der Waals surface area contributed by atoms with Gasteiger partial charge in [0.15, 0.2) is 5.75 Å². The maximum atomic E-state index is 11.8. The lowest BCUT2D eigenvalue weighted by molar-refractivity contribution is -0.0507. The highest BCUT2D eigenvalue weighted by Gasteiger charge is 2.09. The fourth-order valence-corrected chi connectivity index (χ4v) is 1.23. The van der Waals surface area contributed by atoms with Crippen LogP contribution in [0, 0.1) is 3.57 Å². The van der Waals surface area contributed by atoms with E-state index < -0.39 is 6.61 Å². The number of nitrogens with zero attached hydrogens (tertiary/aromatic N) is 1. The van der Waals surface area contributed by atoms with Gasteiger partial charge in [0.05, 0.1) is 16.9 Å². The number of pyridine rings is 1. The third-order valence-electron chi connectivity index (χ3n) is 1.22. The van der Waals surface area contributed by atoms with Gasteiger partial charge >= 0.3 is 6.61 Å². The molecule has 0 atom stereocenters. The Balaban J connectivity index is 2.85. The van der Waals surface area contributed by atoms with Gasteiger partial charge in [0.1, 0.15) is 0 Å². The maximum Gasteiger partial charge on any atom is 0.387 e. The van der Waals surface area contributed by atoms with E-state index in [4.69, 9.17) is 4.74 Å². The van der Waals surface area contributed by atoms with Crippen molar-refractivity contribution in [3.8, 4) is 11.6 Å². The van der Waals surface area contributed by atoms with E-state index in [-0.39, 0.29) is 5.75 Å². The highest BCUT2D eigenvalue weighted by molar-refractivity contribution is 14.1. The summed E-state index contributed by atoms with van der Waals surface area (Å²) in [5, 5.41) is 0. The fraction of sp³-hybridized carbons (Fsp3) is 0.286. The molecule has 0 saturated heterocycles. The van der Waals surface area contributed by atoms with Crippen LogP contribution in [0.5, 0.6) is 11.6 Å². The third-order valence-corrected chi connectivity index (χ3v) is 2.06. The van der Waals surface area contributed by atoms with Crippen molar-refractivity contribution in [3.63, 3.8) is 0 Å². The Morgan fingerprint density at radius 2 is 2.23 bits per heavy atom. The zero-order valence-electron chi connectivity index (χ0n) is 6.63. The number of halogens is 3. The molecule has 72 valence electrons. The van der Waals surface area contributed by atoms with Crippen LogP contribution < -0.4 is 9.47 Å². The van der Waals surface area contributed by atoms with E-state index in [1.165, 1.54) is 19.4 Å². The molecule has 0 radical (unpaired) electrons.